The standard InChI is InChI=1S/C17H21Cl2NO2/c1-2-20(9-11-5-6-22-10-11)17(21)14-8-13(14)12-3-4-15(18)16(19)7-12/h3-4,7,11,13-14H,2,5-6,8-10H2,1H3/t11-,13-,14+/m0/s1. The van der Waals surface area contributed by atoms with E-state index in [1.165, 1.54) is 0 Å². The molecule has 2 aliphatic rings. The average molecular weight is 342 g/mol. The molecule has 0 unspecified atom stereocenters. The van der Waals surface area contributed by atoms with E-state index in [9.17, 15) is 4.79 Å². The molecular weight excluding hydrogens is 321 g/mol. The quantitative estimate of drug-likeness (QED) is 0.810. The fourth-order valence-corrected chi connectivity index (χ4v) is 3.53. The largest absolute Gasteiger partial charge is 0.381 e. The Morgan fingerprint density at radius 2 is 2.18 bits per heavy atom. The van der Waals surface area contributed by atoms with Crippen LogP contribution in [0, 0.1) is 11.8 Å². The van der Waals surface area contributed by atoms with Crippen molar-refractivity contribution in [2.75, 3.05) is 26.3 Å². The van der Waals surface area contributed by atoms with Crippen molar-refractivity contribution in [3.63, 3.8) is 0 Å². The van der Waals surface area contributed by atoms with Crippen LogP contribution < -0.4 is 0 Å². The van der Waals surface area contributed by atoms with Gasteiger partial charge in [-0.2, -0.15) is 0 Å². The number of carbonyl (C=O) groups excluding carboxylic acids is 1. The van der Waals surface area contributed by atoms with Crippen molar-refractivity contribution in [3.8, 4) is 0 Å². The fourth-order valence-electron chi connectivity index (χ4n) is 3.23. The Hall–Kier alpha value is -0.770. The highest BCUT2D eigenvalue weighted by Gasteiger charge is 2.45. The lowest BCUT2D eigenvalue weighted by atomic mass is 10.1. The molecule has 0 radical (unpaired) electrons. The van der Waals surface area contributed by atoms with Crippen molar-refractivity contribution in [2.45, 2.75) is 25.7 Å². The molecule has 3 atom stereocenters. The number of amides is 1. The summed E-state index contributed by atoms with van der Waals surface area (Å²) in [5, 5.41) is 1.12. The topological polar surface area (TPSA) is 29.5 Å². The molecule has 1 heterocycles. The van der Waals surface area contributed by atoms with Gasteiger partial charge in [0.15, 0.2) is 0 Å². The maximum atomic E-state index is 12.7. The van der Waals surface area contributed by atoms with Gasteiger partial charge in [-0.15, -0.1) is 0 Å². The normalized spacial score (nSPS) is 27.0. The molecule has 1 amide bonds. The van der Waals surface area contributed by atoms with Crippen LogP contribution in [0.1, 0.15) is 31.2 Å². The van der Waals surface area contributed by atoms with Crippen LogP contribution in [-0.4, -0.2) is 37.1 Å². The summed E-state index contributed by atoms with van der Waals surface area (Å²) in [6.45, 7) is 5.24. The first-order valence-corrected chi connectivity index (χ1v) is 8.67. The molecule has 22 heavy (non-hydrogen) atoms. The van der Waals surface area contributed by atoms with Gasteiger partial charge in [0.1, 0.15) is 0 Å². The molecule has 3 rings (SSSR count). The molecule has 1 aromatic carbocycles. The van der Waals surface area contributed by atoms with Crippen LogP contribution in [0.3, 0.4) is 0 Å². The number of rotatable bonds is 5. The molecule has 0 N–H and O–H groups in total. The first-order valence-electron chi connectivity index (χ1n) is 7.91. The van der Waals surface area contributed by atoms with Crippen molar-refractivity contribution >= 4 is 29.1 Å². The van der Waals surface area contributed by atoms with Crippen LogP contribution >= 0.6 is 23.2 Å². The lowest BCUT2D eigenvalue weighted by molar-refractivity contribution is -0.133. The van der Waals surface area contributed by atoms with E-state index in [1.807, 2.05) is 30.0 Å². The molecular formula is C17H21Cl2NO2. The van der Waals surface area contributed by atoms with E-state index in [0.717, 1.165) is 44.7 Å². The van der Waals surface area contributed by atoms with Gasteiger partial charge in [0.25, 0.3) is 0 Å². The zero-order valence-corrected chi connectivity index (χ0v) is 14.2. The summed E-state index contributed by atoms with van der Waals surface area (Å²) in [4.78, 5) is 14.7. The monoisotopic (exact) mass is 341 g/mol. The number of benzene rings is 1. The summed E-state index contributed by atoms with van der Waals surface area (Å²) < 4.78 is 5.41. The molecule has 5 heteroatoms. The van der Waals surface area contributed by atoms with Gasteiger partial charge in [0.05, 0.1) is 16.7 Å². The van der Waals surface area contributed by atoms with E-state index in [1.54, 1.807) is 0 Å². The van der Waals surface area contributed by atoms with Crippen molar-refractivity contribution in [2.24, 2.45) is 11.8 Å². The molecule has 1 aliphatic carbocycles. The van der Waals surface area contributed by atoms with E-state index >= 15 is 0 Å². The molecule has 2 fully saturated rings. The second-order valence-electron chi connectivity index (χ2n) is 6.23. The SMILES string of the molecule is CCN(C[C@@H]1CCOC1)C(=O)[C@@H]1C[C@H]1c1ccc(Cl)c(Cl)c1. The highest BCUT2D eigenvalue weighted by molar-refractivity contribution is 6.42. The Labute approximate surface area is 141 Å². The molecule has 0 spiro atoms. The molecule has 1 saturated heterocycles. The first-order chi connectivity index (χ1) is 10.6. The molecule has 3 nitrogen and oxygen atoms in total. The Morgan fingerprint density at radius 1 is 1.36 bits per heavy atom. The van der Waals surface area contributed by atoms with Crippen molar-refractivity contribution in [1.29, 1.82) is 0 Å². The van der Waals surface area contributed by atoms with Gasteiger partial charge >= 0.3 is 0 Å². The van der Waals surface area contributed by atoms with E-state index in [0.29, 0.717) is 16.0 Å². The summed E-state index contributed by atoms with van der Waals surface area (Å²) in [5.74, 6) is 1.15. The van der Waals surface area contributed by atoms with Gasteiger partial charge in [0, 0.05) is 31.5 Å². The Bertz CT molecular complexity index is 558. The number of hydrogen-bond acceptors (Lipinski definition) is 2. The van der Waals surface area contributed by atoms with Gasteiger partial charge < -0.3 is 9.64 Å². The van der Waals surface area contributed by atoms with Gasteiger partial charge in [-0.1, -0.05) is 29.3 Å². The molecule has 0 aromatic heterocycles. The van der Waals surface area contributed by atoms with Crippen LogP contribution in [0.4, 0.5) is 0 Å². The number of ether oxygens (including phenoxy) is 1. The van der Waals surface area contributed by atoms with E-state index < -0.39 is 0 Å². The minimum absolute atomic E-state index is 0.0968. The summed E-state index contributed by atoms with van der Waals surface area (Å²) in [6.07, 6.45) is 1.97. The third kappa shape index (κ3) is 3.42. The fraction of sp³-hybridized carbons (Fsp3) is 0.588. The summed E-state index contributed by atoms with van der Waals surface area (Å²) in [6, 6.07) is 5.68. The Kier molecular flexibility index (Phi) is 4.96. The van der Waals surface area contributed by atoms with E-state index in [-0.39, 0.29) is 17.7 Å². The third-order valence-corrected chi connectivity index (χ3v) is 5.41. The number of hydrogen-bond donors (Lipinski definition) is 0. The number of nitrogens with zero attached hydrogens (tertiary/aromatic N) is 1. The van der Waals surface area contributed by atoms with Gasteiger partial charge in [-0.3, -0.25) is 4.79 Å². The van der Waals surface area contributed by atoms with Crippen LogP contribution in [-0.2, 0) is 9.53 Å². The molecule has 1 aliphatic heterocycles. The first kappa shape index (κ1) is 16.1. The molecule has 0 bridgehead atoms. The van der Waals surface area contributed by atoms with Gasteiger partial charge in [-0.05, 0) is 43.4 Å². The Morgan fingerprint density at radius 3 is 2.82 bits per heavy atom. The maximum Gasteiger partial charge on any atom is 0.226 e. The number of halogens is 2. The maximum absolute atomic E-state index is 12.7. The van der Waals surface area contributed by atoms with Crippen molar-refractivity contribution < 1.29 is 9.53 Å². The molecule has 1 saturated carbocycles. The minimum Gasteiger partial charge on any atom is -0.381 e. The summed E-state index contributed by atoms with van der Waals surface area (Å²) in [7, 11) is 0. The lowest BCUT2D eigenvalue weighted by Crippen LogP contribution is -2.36. The summed E-state index contributed by atoms with van der Waals surface area (Å²) >= 11 is 12.0. The zero-order valence-electron chi connectivity index (χ0n) is 12.7. The van der Waals surface area contributed by atoms with Crippen LogP contribution in [0.2, 0.25) is 10.0 Å². The lowest BCUT2D eigenvalue weighted by Gasteiger charge is -2.24. The third-order valence-electron chi connectivity index (χ3n) is 4.68. The van der Waals surface area contributed by atoms with Crippen LogP contribution in [0.15, 0.2) is 18.2 Å². The van der Waals surface area contributed by atoms with E-state index in [4.69, 9.17) is 27.9 Å². The average Bonchev–Trinajstić information content (AvgIpc) is 3.15. The van der Waals surface area contributed by atoms with Crippen molar-refractivity contribution in [3.05, 3.63) is 33.8 Å². The second-order valence-corrected chi connectivity index (χ2v) is 7.04. The second kappa shape index (κ2) is 6.77. The summed E-state index contributed by atoms with van der Waals surface area (Å²) in [5.41, 5.74) is 1.12. The highest BCUT2D eigenvalue weighted by Crippen LogP contribution is 2.49. The zero-order chi connectivity index (χ0) is 15.7. The van der Waals surface area contributed by atoms with Gasteiger partial charge in [-0.25, -0.2) is 0 Å². The van der Waals surface area contributed by atoms with E-state index in [2.05, 4.69) is 0 Å². The predicted molar refractivity (Wildman–Crippen MR) is 88.5 cm³/mol. The highest BCUT2D eigenvalue weighted by atomic mass is 35.5. The van der Waals surface area contributed by atoms with Gasteiger partial charge in [0.2, 0.25) is 5.91 Å². The van der Waals surface area contributed by atoms with Crippen LogP contribution in [0.5, 0.6) is 0 Å². The molecule has 1 aromatic rings. The number of carbonyl (C=O) groups is 1. The molecule has 120 valence electrons. The van der Waals surface area contributed by atoms with Crippen molar-refractivity contribution in [1.82, 2.24) is 4.90 Å². The van der Waals surface area contributed by atoms with Crippen LogP contribution in [0.25, 0.3) is 0 Å². The predicted octanol–water partition coefficient (Wildman–Crippen LogP) is 3.98. The smallest absolute Gasteiger partial charge is 0.226 e. The Balaban J connectivity index is 1.61. The minimum atomic E-state index is 0.0968.